The largest absolute Gasteiger partial charge is 0.494 e. The monoisotopic (exact) mass is 306 g/mol. The summed E-state index contributed by atoms with van der Waals surface area (Å²) in [6, 6.07) is 5.78. The summed E-state index contributed by atoms with van der Waals surface area (Å²) in [5, 5.41) is 6.65. The van der Waals surface area contributed by atoms with Crippen molar-refractivity contribution in [3.8, 4) is 5.75 Å². The van der Waals surface area contributed by atoms with E-state index in [0.717, 1.165) is 12.1 Å². The van der Waals surface area contributed by atoms with Crippen LogP contribution in [0.4, 0.5) is 4.39 Å². The van der Waals surface area contributed by atoms with E-state index in [1.54, 1.807) is 0 Å². The molecule has 0 spiro atoms. The van der Waals surface area contributed by atoms with Gasteiger partial charge in [0.25, 0.3) is 5.91 Å². The van der Waals surface area contributed by atoms with Gasteiger partial charge in [-0.25, -0.2) is 4.39 Å². The fraction of sp³-hybridized carbons (Fsp3) is 0.375. The Morgan fingerprint density at radius 3 is 2.86 bits per heavy atom. The van der Waals surface area contributed by atoms with Gasteiger partial charge >= 0.3 is 0 Å². The van der Waals surface area contributed by atoms with E-state index >= 15 is 0 Å². The first-order valence-electron chi connectivity index (χ1n) is 7.05. The first kappa shape index (κ1) is 16.0. The number of nitrogens with zero attached hydrogens (tertiary/aromatic N) is 1. The molecule has 0 aliphatic carbocycles. The molecule has 0 fully saturated rings. The quantitative estimate of drug-likeness (QED) is 0.891. The smallest absolute Gasteiger partial charge is 0.251 e. The number of carbonyl (C=O) groups is 1. The lowest BCUT2D eigenvalue weighted by Gasteiger charge is -2.06. The lowest BCUT2D eigenvalue weighted by molar-refractivity contribution is 0.0946. The molecule has 0 aliphatic rings. The number of methoxy groups -OCH3 is 1. The number of amides is 1. The highest BCUT2D eigenvalue weighted by Crippen LogP contribution is 2.18. The van der Waals surface area contributed by atoms with Crippen LogP contribution in [0.5, 0.6) is 5.75 Å². The molecule has 1 heterocycles. The van der Waals surface area contributed by atoms with Gasteiger partial charge in [0, 0.05) is 11.6 Å². The lowest BCUT2D eigenvalue weighted by Crippen LogP contribution is -2.22. The third-order valence-corrected chi connectivity index (χ3v) is 3.06. The Morgan fingerprint density at radius 1 is 1.41 bits per heavy atom. The van der Waals surface area contributed by atoms with Crippen molar-refractivity contribution in [1.82, 2.24) is 10.5 Å². The van der Waals surface area contributed by atoms with Crippen molar-refractivity contribution in [1.29, 1.82) is 0 Å². The number of rotatable bonds is 6. The van der Waals surface area contributed by atoms with Gasteiger partial charge < -0.3 is 14.6 Å². The number of carbonyl (C=O) groups excluding carboxylic acids is 1. The second kappa shape index (κ2) is 7.06. The van der Waals surface area contributed by atoms with Crippen LogP contribution in [0.25, 0.3) is 0 Å². The second-order valence-electron chi connectivity index (χ2n) is 5.41. The van der Waals surface area contributed by atoms with Gasteiger partial charge in [-0.2, -0.15) is 0 Å². The molecule has 6 heteroatoms. The molecule has 1 aromatic carbocycles. The van der Waals surface area contributed by atoms with E-state index in [1.165, 1.54) is 25.3 Å². The predicted octanol–water partition coefficient (Wildman–Crippen LogP) is 2.95. The van der Waals surface area contributed by atoms with E-state index in [-0.39, 0.29) is 18.2 Å². The molecule has 0 bridgehead atoms. The summed E-state index contributed by atoms with van der Waals surface area (Å²) in [4.78, 5) is 12.0. The average Bonchev–Trinajstić information content (AvgIpc) is 2.92. The van der Waals surface area contributed by atoms with Gasteiger partial charge in [0.2, 0.25) is 0 Å². The molecule has 0 unspecified atom stereocenters. The van der Waals surface area contributed by atoms with E-state index in [0.29, 0.717) is 17.2 Å². The van der Waals surface area contributed by atoms with E-state index in [4.69, 9.17) is 9.26 Å². The number of nitrogens with one attached hydrogen (secondary N) is 1. The molecule has 22 heavy (non-hydrogen) atoms. The second-order valence-corrected chi connectivity index (χ2v) is 5.41. The predicted molar refractivity (Wildman–Crippen MR) is 79.2 cm³/mol. The minimum Gasteiger partial charge on any atom is -0.494 e. The molecule has 1 amide bonds. The number of hydrogen-bond donors (Lipinski definition) is 1. The third kappa shape index (κ3) is 4.07. The van der Waals surface area contributed by atoms with Gasteiger partial charge in [-0.1, -0.05) is 19.0 Å². The Morgan fingerprint density at radius 2 is 2.18 bits per heavy atom. The number of ether oxygens (including phenoxy) is 1. The van der Waals surface area contributed by atoms with E-state index < -0.39 is 5.82 Å². The summed E-state index contributed by atoms with van der Waals surface area (Å²) in [7, 11) is 1.35. The number of benzene rings is 1. The molecule has 0 aliphatic heterocycles. The molecule has 0 saturated heterocycles. The zero-order valence-corrected chi connectivity index (χ0v) is 12.9. The topological polar surface area (TPSA) is 64.4 Å². The maximum atomic E-state index is 13.3. The summed E-state index contributed by atoms with van der Waals surface area (Å²) in [6.07, 6.45) is 0.826. The van der Waals surface area contributed by atoms with Crippen LogP contribution in [0.1, 0.15) is 35.7 Å². The van der Waals surface area contributed by atoms with Crippen LogP contribution in [0, 0.1) is 11.7 Å². The van der Waals surface area contributed by atoms with Gasteiger partial charge in [0.05, 0.1) is 19.3 Å². The molecule has 0 radical (unpaired) electrons. The zero-order chi connectivity index (χ0) is 16.1. The summed E-state index contributed by atoms with van der Waals surface area (Å²) < 4.78 is 23.3. The fourth-order valence-corrected chi connectivity index (χ4v) is 2.02. The van der Waals surface area contributed by atoms with Crippen LogP contribution in [-0.4, -0.2) is 18.2 Å². The van der Waals surface area contributed by atoms with Crippen molar-refractivity contribution >= 4 is 5.91 Å². The van der Waals surface area contributed by atoms with Crippen LogP contribution >= 0.6 is 0 Å². The molecular formula is C16H19FN2O3. The molecule has 0 atom stereocenters. The third-order valence-electron chi connectivity index (χ3n) is 3.06. The molecule has 2 aromatic rings. The lowest BCUT2D eigenvalue weighted by atomic mass is 10.1. The Labute approximate surface area is 128 Å². The van der Waals surface area contributed by atoms with E-state index in [9.17, 15) is 9.18 Å². The SMILES string of the molecule is COc1cc(C(=O)NCc2cc(CC(C)C)no2)ccc1F. The van der Waals surface area contributed by atoms with Crippen LogP contribution in [0.15, 0.2) is 28.8 Å². The van der Waals surface area contributed by atoms with Crippen molar-refractivity contribution in [2.45, 2.75) is 26.8 Å². The van der Waals surface area contributed by atoms with Gasteiger partial charge in [-0.15, -0.1) is 0 Å². The van der Waals surface area contributed by atoms with Gasteiger partial charge in [0.15, 0.2) is 17.3 Å². The van der Waals surface area contributed by atoms with Gasteiger partial charge in [0.1, 0.15) is 0 Å². The van der Waals surface area contributed by atoms with Crippen molar-refractivity contribution in [3.05, 3.63) is 47.1 Å². The maximum Gasteiger partial charge on any atom is 0.251 e. The maximum absolute atomic E-state index is 13.3. The standard InChI is InChI=1S/C16H19FN2O3/c1-10(2)6-12-8-13(22-19-12)9-18-16(20)11-4-5-14(17)15(7-11)21-3/h4-5,7-8,10H,6,9H2,1-3H3,(H,18,20). The van der Waals surface area contributed by atoms with Crippen molar-refractivity contribution in [2.24, 2.45) is 5.92 Å². The molecule has 0 saturated carbocycles. The number of halogens is 1. The van der Waals surface area contributed by atoms with Gasteiger partial charge in [-0.05, 0) is 30.5 Å². The van der Waals surface area contributed by atoms with Crippen LogP contribution in [0.3, 0.4) is 0 Å². The Bertz CT molecular complexity index is 653. The minimum atomic E-state index is -0.507. The Kier molecular flexibility index (Phi) is 5.14. The van der Waals surface area contributed by atoms with E-state index in [1.807, 2.05) is 6.07 Å². The summed E-state index contributed by atoms with van der Waals surface area (Å²) in [6.45, 7) is 4.42. The molecule has 1 N–H and O–H groups in total. The summed E-state index contributed by atoms with van der Waals surface area (Å²) in [5.74, 6) is 0.261. The van der Waals surface area contributed by atoms with E-state index in [2.05, 4.69) is 24.3 Å². The van der Waals surface area contributed by atoms with Crippen LogP contribution in [0.2, 0.25) is 0 Å². The molecular weight excluding hydrogens is 287 g/mol. The van der Waals surface area contributed by atoms with Crippen LogP contribution < -0.4 is 10.1 Å². The number of aromatic nitrogens is 1. The fourth-order valence-electron chi connectivity index (χ4n) is 2.02. The summed E-state index contributed by atoms with van der Waals surface area (Å²) >= 11 is 0. The first-order valence-corrected chi connectivity index (χ1v) is 7.05. The van der Waals surface area contributed by atoms with Gasteiger partial charge in [-0.3, -0.25) is 4.79 Å². The first-order chi connectivity index (χ1) is 10.5. The molecule has 5 nitrogen and oxygen atoms in total. The van der Waals surface area contributed by atoms with Crippen molar-refractivity contribution < 1.29 is 18.4 Å². The van der Waals surface area contributed by atoms with Crippen molar-refractivity contribution in [3.63, 3.8) is 0 Å². The number of hydrogen-bond acceptors (Lipinski definition) is 4. The Balaban J connectivity index is 1.96. The van der Waals surface area contributed by atoms with Crippen LogP contribution in [-0.2, 0) is 13.0 Å². The Hall–Kier alpha value is -2.37. The molecule has 2 rings (SSSR count). The highest BCUT2D eigenvalue weighted by molar-refractivity contribution is 5.94. The normalized spacial score (nSPS) is 10.8. The zero-order valence-electron chi connectivity index (χ0n) is 12.9. The molecule has 118 valence electrons. The van der Waals surface area contributed by atoms with Crippen molar-refractivity contribution in [2.75, 3.05) is 7.11 Å². The highest BCUT2D eigenvalue weighted by atomic mass is 19.1. The summed E-state index contributed by atoms with van der Waals surface area (Å²) in [5.41, 5.74) is 1.18. The molecule has 1 aromatic heterocycles. The highest BCUT2D eigenvalue weighted by Gasteiger charge is 2.12. The average molecular weight is 306 g/mol. The minimum absolute atomic E-state index is 0.0338.